The summed E-state index contributed by atoms with van der Waals surface area (Å²) in [5.41, 5.74) is 0. The Morgan fingerprint density at radius 3 is 1.25 bits per heavy atom. The van der Waals surface area contributed by atoms with Gasteiger partial charge in [-0.25, -0.2) is 0 Å². The van der Waals surface area contributed by atoms with Crippen LogP contribution < -0.4 is 0 Å². The molecule has 0 atom stereocenters. The van der Waals surface area contributed by atoms with Crippen molar-refractivity contribution < 1.29 is 19.8 Å². The van der Waals surface area contributed by atoms with E-state index in [1.807, 2.05) is 0 Å². The molecule has 98 valence electrons. The fraction of sp³-hybridized carbons (Fsp3) is 0.833. The SMILES string of the molecule is CC(=O)O.CC(C)CC(=O)CC(C)C.CO. The Morgan fingerprint density at radius 2 is 1.12 bits per heavy atom. The summed E-state index contributed by atoms with van der Waals surface area (Å²) in [7, 11) is 1.00. The van der Waals surface area contributed by atoms with Crippen molar-refractivity contribution in [2.24, 2.45) is 11.8 Å². The van der Waals surface area contributed by atoms with E-state index < -0.39 is 5.97 Å². The molecule has 0 unspecified atom stereocenters. The number of carbonyl (C=O) groups is 2. The van der Waals surface area contributed by atoms with Crippen molar-refractivity contribution in [2.75, 3.05) is 7.11 Å². The second-order valence-electron chi connectivity index (χ2n) is 4.25. The smallest absolute Gasteiger partial charge is 0.300 e. The maximum atomic E-state index is 11.1. The summed E-state index contributed by atoms with van der Waals surface area (Å²) in [6.07, 6.45) is 1.50. The molecule has 0 bridgehead atoms. The standard InChI is InChI=1S/C9H18O.C2H4O2.CH4O/c1-7(2)5-9(10)6-8(3)4;1-2(3)4;1-2/h7-8H,5-6H2,1-4H3;1H3,(H,3,4);2H,1H3. The molecule has 0 heterocycles. The third kappa shape index (κ3) is 38.0. The van der Waals surface area contributed by atoms with Gasteiger partial charge >= 0.3 is 0 Å². The van der Waals surface area contributed by atoms with Crippen molar-refractivity contribution in [1.29, 1.82) is 0 Å². The number of rotatable bonds is 4. The first-order valence-electron chi connectivity index (χ1n) is 5.41. The van der Waals surface area contributed by atoms with Gasteiger partial charge in [-0.3, -0.25) is 9.59 Å². The largest absolute Gasteiger partial charge is 0.481 e. The number of carbonyl (C=O) groups excluding carboxylic acids is 1. The molecule has 0 aromatic heterocycles. The average molecular weight is 234 g/mol. The number of ketones is 1. The Labute approximate surface area is 98.7 Å². The Kier molecular flexibility index (Phi) is 18.1. The lowest BCUT2D eigenvalue weighted by Crippen LogP contribution is -2.05. The molecule has 0 aliphatic carbocycles. The fourth-order valence-electron chi connectivity index (χ4n) is 0.994. The van der Waals surface area contributed by atoms with E-state index in [-0.39, 0.29) is 0 Å². The van der Waals surface area contributed by atoms with Crippen molar-refractivity contribution in [1.82, 2.24) is 0 Å². The van der Waals surface area contributed by atoms with Crippen LogP contribution in [0.3, 0.4) is 0 Å². The number of aliphatic hydroxyl groups excluding tert-OH is 1. The minimum absolute atomic E-state index is 0.407. The Morgan fingerprint density at radius 1 is 0.938 bits per heavy atom. The molecule has 4 heteroatoms. The third-order valence-electron chi connectivity index (χ3n) is 1.27. The van der Waals surface area contributed by atoms with E-state index in [1.54, 1.807) is 0 Å². The molecule has 0 saturated heterocycles. The number of aliphatic carboxylic acids is 1. The van der Waals surface area contributed by atoms with Crippen LogP contribution in [0.1, 0.15) is 47.5 Å². The molecular formula is C12H26O4. The summed E-state index contributed by atoms with van der Waals surface area (Å²) >= 11 is 0. The van der Waals surface area contributed by atoms with Gasteiger partial charge in [0, 0.05) is 26.9 Å². The average Bonchev–Trinajstić information content (AvgIpc) is 2.03. The topological polar surface area (TPSA) is 74.6 Å². The van der Waals surface area contributed by atoms with Gasteiger partial charge in [-0.1, -0.05) is 27.7 Å². The van der Waals surface area contributed by atoms with Crippen molar-refractivity contribution in [3.8, 4) is 0 Å². The highest BCUT2D eigenvalue weighted by atomic mass is 16.4. The van der Waals surface area contributed by atoms with Crippen LogP contribution in [0.25, 0.3) is 0 Å². The number of carboxylic acids is 1. The first-order chi connectivity index (χ1) is 7.25. The maximum Gasteiger partial charge on any atom is 0.300 e. The molecule has 0 amide bonds. The molecule has 0 aliphatic rings. The zero-order valence-electron chi connectivity index (χ0n) is 11.3. The van der Waals surface area contributed by atoms with Crippen LogP contribution in [0, 0.1) is 11.8 Å². The zero-order chi connectivity index (χ0) is 13.7. The molecule has 0 radical (unpaired) electrons. The van der Waals surface area contributed by atoms with Gasteiger partial charge < -0.3 is 10.2 Å². The Hall–Kier alpha value is -0.900. The molecule has 0 aromatic rings. The molecule has 4 nitrogen and oxygen atoms in total. The summed E-state index contributed by atoms with van der Waals surface area (Å²) < 4.78 is 0. The Balaban J connectivity index is -0.000000237. The summed E-state index contributed by atoms with van der Waals surface area (Å²) in [4.78, 5) is 20.1. The normalized spacial score (nSPS) is 8.81. The molecular weight excluding hydrogens is 208 g/mol. The van der Waals surface area contributed by atoms with E-state index in [9.17, 15) is 4.79 Å². The van der Waals surface area contributed by atoms with Crippen molar-refractivity contribution in [2.45, 2.75) is 47.5 Å². The van der Waals surface area contributed by atoms with Gasteiger partial charge in [0.25, 0.3) is 5.97 Å². The first kappa shape index (κ1) is 20.5. The second kappa shape index (κ2) is 14.1. The molecule has 0 rings (SSSR count). The number of Topliss-reactive ketones (excluding diaryl/α,β-unsaturated/α-hetero) is 1. The molecule has 0 aromatic carbocycles. The second-order valence-corrected chi connectivity index (χ2v) is 4.25. The summed E-state index contributed by atoms with van der Waals surface area (Å²) in [5.74, 6) is 0.613. The highest BCUT2D eigenvalue weighted by molar-refractivity contribution is 5.78. The van der Waals surface area contributed by atoms with Crippen molar-refractivity contribution in [3.63, 3.8) is 0 Å². The van der Waals surface area contributed by atoms with Gasteiger partial charge in [0.1, 0.15) is 5.78 Å². The predicted octanol–water partition coefficient (Wildman–Crippen LogP) is 2.35. The quantitative estimate of drug-likeness (QED) is 0.783. The van der Waals surface area contributed by atoms with Crippen LogP contribution in [0.5, 0.6) is 0 Å². The van der Waals surface area contributed by atoms with E-state index in [2.05, 4.69) is 27.7 Å². The van der Waals surface area contributed by atoms with E-state index in [4.69, 9.17) is 15.0 Å². The first-order valence-corrected chi connectivity index (χ1v) is 5.41. The summed E-state index contributed by atoms with van der Waals surface area (Å²) in [5, 5.41) is 14.4. The van der Waals surface area contributed by atoms with Crippen molar-refractivity contribution in [3.05, 3.63) is 0 Å². The molecule has 0 spiro atoms. The van der Waals surface area contributed by atoms with E-state index >= 15 is 0 Å². The predicted molar refractivity (Wildman–Crippen MR) is 65.4 cm³/mol. The van der Waals surface area contributed by atoms with Crippen LogP contribution in [-0.4, -0.2) is 29.1 Å². The lowest BCUT2D eigenvalue weighted by Gasteiger charge is -2.05. The lowest BCUT2D eigenvalue weighted by atomic mass is 10.00. The summed E-state index contributed by atoms with van der Waals surface area (Å²) in [6, 6.07) is 0. The van der Waals surface area contributed by atoms with Crippen LogP contribution in [0.2, 0.25) is 0 Å². The monoisotopic (exact) mass is 234 g/mol. The minimum atomic E-state index is -0.833. The number of carboxylic acid groups (broad SMARTS) is 1. The Bertz CT molecular complexity index is 158. The van der Waals surface area contributed by atoms with Crippen LogP contribution >= 0.6 is 0 Å². The van der Waals surface area contributed by atoms with E-state index in [0.29, 0.717) is 17.6 Å². The van der Waals surface area contributed by atoms with Crippen LogP contribution in [-0.2, 0) is 9.59 Å². The highest BCUT2D eigenvalue weighted by Gasteiger charge is 2.06. The minimum Gasteiger partial charge on any atom is -0.481 e. The number of hydrogen-bond donors (Lipinski definition) is 2. The molecule has 16 heavy (non-hydrogen) atoms. The van der Waals surface area contributed by atoms with Crippen molar-refractivity contribution >= 4 is 11.8 Å². The molecule has 0 saturated carbocycles. The van der Waals surface area contributed by atoms with Crippen LogP contribution in [0.4, 0.5) is 0 Å². The maximum absolute atomic E-state index is 11.1. The van der Waals surface area contributed by atoms with Gasteiger partial charge in [0.2, 0.25) is 0 Å². The zero-order valence-corrected chi connectivity index (χ0v) is 11.3. The fourth-order valence-corrected chi connectivity index (χ4v) is 0.994. The van der Waals surface area contributed by atoms with Gasteiger partial charge in [-0.2, -0.15) is 0 Å². The molecule has 2 N–H and O–H groups in total. The molecule has 0 fully saturated rings. The lowest BCUT2D eigenvalue weighted by molar-refractivity contribution is -0.134. The number of hydrogen-bond acceptors (Lipinski definition) is 3. The highest BCUT2D eigenvalue weighted by Crippen LogP contribution is 2.07. The van der Waals surface area contributed by atoms with Gasteiger partial charge in [0.15, 0.2) is 0 Å². The van der Waals surface area contributed by atoms with Crippen LogP contribution in [0.15, 0.2) is 0 Å². The molecule has 0 aliphatic heterocycles. The van der Waals surface area contributed by atoms with E-state index in [0.717, 1.165) is 26.9 Å². The third-order valence-corrected chi connectivity index (χ3v) is 1.27. The number of aliphatic hydroxyl groups is 1. The summed E-state index contributed by atoms with van der Waals surface area (Å²) in [6.45, 7) is 9.41. The van der Waals surface area contributed by atoms with Gasteiger partial charge in [-0.05, 0) is 11.8 Å². The van der Waals surface area contributed by atoms with Gasteiger partial charge in [0.05, 0.1) is 0 Å². The van der Waals surface area contributed by atoms with Gasteiger partial charge in [-0.15, -0.1) is 0 Å². The van der Waals surface area contributed by atoms with E-state index in [1.165, 1.54) is 0 Å².